The lowest BCUT2D eigenvalue weighted by Crippen LogP contribution is -2.41. The van der Waals surface area contributed by atoms with Crippen LogP contribution in [0, 0.1) is 12.8 Å². The molecule has 0 spiro atoms. The summed E-state index contributed by atoms with van der Waals surface area (Å²) < 4.78 is 17.0. The number of aryl methyl sites for hydroxylation is 1. The van der Waals surface area contributed by atoms with Gasteiger partial charge >= 0.3 is 0 Å². The molecule has 1 aromatic heterocycles. The van der Waals surface area contributed by atoms with Crippen molar-refractivity contribution >= 4 is 33.4 Å². The van der Waals surface area contributed by atoms with Crippen LogP contribution in [0.4, 0.5) is 5.82 Å². The Morgan fingerprint density at radius 2 is 2.03 bits per heavy atom. The van der Waals surface area contributed by atoms with Crippen molar-refractivity contribution in [2.45, 2.75) is 43.2 Å². The number of carbonyl (C=O) groups is 2. The van der Waals surface area contributed by atoms with E-state index < -0.39 is 6.04 Å². The number of halogens is 1. The van der Waals surface area contributed by atoms with Crippen LogP contribution < -0.4 is 9.64 Å². The first-order valence-corrected chi connectivity index (χ1v) is 10.9. The summed E-state index contributed by atoms with van der Waals surface area (Å²) >= 11 is 3.65. The zero-order valence-corrected chi connectivity index (χ0v) is 18.2. The average Bonchev–Trinajstić information content (AvgIpc) is 3.29. The first kappa shape index (κ1) is 19.4. The average molecular weight is 473 g/mol. The summed E-state index contributed by atoms with van der Waals surface area (Å²) in [6, 6.07) is 8.39. The summed E-state index contributed by atoms with van der Waals surface area (Å²) in [5.74, 6) is 0.965. The van der Waals surface area contributed by atoms with Crippen LogP contribution >= 0.6 is 15.9 Å². The molecule has 1 saturated carbocycles. The largest absolute Gasteiger partial charge is 0.496 e. The summed E-state index contributed by atoms with van der Waals surface area (Å²) in [4.78, 5) is 28.9. The van der Waals surface area contributed by atoms with Gasteiger partial charge in [-0.1, -0.05) is 39.3 Å². The molecule has 0 bridgehead atoms. The fourth-order valence-corrected chi connectivity index (χ4v) is 5.37. The Morgan fingerprint density at radius 3 is 2.77 bits per heavy atom. The second kappa shape index (κ2) is 7.27. The highest BCUT2D eigenvalue weighted by atomic mass is 79.9. The number of benzene rings is 1. The molecule has 4 atom stereocenters. The van der Waals surface area contributed by atoms with Gasteiger partial charge in [-0.05, 0) is 32.3 Å². The Hall–Kier alpha value is -2.61. The summed E-state index contributed by atoms with van der Waals surface area (Å²) in [5.41, 5.74) is 1.09. The molecule has 0 saturated heterocycles. The first-order chi connectivity index (χ1) is 14.5. The van der Waals surface area contributed by atoms with E-state index in [0.717, 1.165) is 12.8 Å². The van der Waals surface area contributed by atoms with E-state index >= 15 is 0 Å². The molecule has 3 heterocycles. The van der Waals surface area contributed by atoms with Gasteiger partial charge in [0.25, 0.3) is 5.91 Å². The molecule has 5 rings (SSSR count). The Balaban J connectivity index is 1.67. The number of hydrogen-bond donors (Lipinski definition) is 0. The third-order valence-corrected chi connectivity index (χ3v) is 6.91. The molecule has 2 aliphatic heterocycles. The Labute approximate surface area is 182 Å². The Kier molecular flexibility index (Phi) is 4.69. The minimum absolute atomic E-state index is 0.0302. The molecule has 156 valence electrons. The highest BCUT2D eigenvalue weighted by Gasteiger charge is 2.54. The second-order valence-corrected chi connectivity index (χ2v) is 9.19. The van der Waals surface area contributed by atoms with Crippen molar-refractivity contribution in [2.75, 3.05) is 12.0 Å². The van der Waals surface area contributed by atoms with Crippen LogP contribution in [0.3, 0.4) is 0 Å². The van der Waals surface area contributed by atoms with E-state index in [4.69, 9.17) is 14.0 Å². The van der Waals surface area contributed by atoms with E-state index in [0.29, 0.717) is 34.9 Å². The van der Waals surface area contributed by atoms with Gasteiger partial charge in [-0.3, -0.25) is 14.5 Å². The van der Waals surface area contributed by atoms with E-state index in [2.05, 4.69) is 21.1 Å². The fraction of sp³-hybridized carbons (Fsp3) is 0.409. The van der Waals surface area contributed by atoms with Crippen LogP contribution in [0.1, 0.15) is 36.6 Å². The Morgan fingerprint density at radius 1 is 1.23 bits per heavy atom. The van der Waals surface area contributed by atoms with Gasteiger partial charge in [0.15, 0.2) is 17.4 Å². The third-order valence-electron chi connectivity index (χ3n) is 6.08. The number of nitrogens with zero attached hydrogens (tertiary/aromatic N) is 2. The van der Waals surface area contributed by atoms with E-state index in [9.17, 15) is 9.59 Å². The smallest absolute Gasteiger partial charge is 0.295 e. The minimum atomic E-state index is -0.683. The van der Waals surface area contributed by atoms with Crippen molar-refractivity contribution in [1.29, 1.82) is 0 Å². The molecule has 0 N–H and O–H groups in total. The number of amides is 1. The molecule has 3 aliphatic rings. The van der Waals surface area contributed by atoms with Crippen LogP contribution in [-0.4, -0.2) is 34.9 Å². The van der Waals surface area contributed by atoms with Crippen LogP contribution in [0.2, 0.25) is 0 Å². The molecule has 0 radical (unpaired) electrons. The minimum Gasteiger partial charge on any atom is -0.496 e. The molecular weight excluding hydrogens is 452 g/mol. The van der Waals surface area contributed by atoms with Gasteiger partial charge in [0, 0.05) is 16.5 Å². The molecule has 30 heavy (non-hydrogen) atoms. The number of ether oxygens (including phenoxy) is 2. The molecule has 4 unspecified atom stereocenters. The SMILES string of the molecule is COc1ccccc1C1C2=C(OC3CCC(Br)CC3C2=O)C(=O)N1c1cc(C)on1. The molecule has 8 heteroatoms. The molecule has 7 nitrogen and oxygen atoms in total. The zero-order valence-electron chi connectivity index (χ0n) is 16.6. The maximum absolute atomic E-state index is 13.7. The number of fused-ring (bicyclic) bond motifs is 1. The lowest BCUT2D eigenvalue weighted by molar-refractivity contribution is -0.131. The predicted octanol–water partition coefficient (Wildman–Crippen LogP) is 3.87. The summed E-state index contributed by atoms with van der Waals surface area (Å²) in [6.45, 7) is 1.76. The summed E-state index contributed by atoms with van der Waals surface area (Å²) in [6.07, 6.45) is 2.06. The highest BCUT2D eigenvalue weighted by molar-refractivity contribution is 9.09. The van der Waals surface area contributed by atoms with Gasteiger partial charge < -0.3 is 14.0 Å². The molecule has 1 aliphatic carbocycles. The Bertz CT molecular complexity index is 1060. The number of Topliss-reactive ketones (excluding diaryl/α,β-unsaturated/α-hetero) is 1. The number of anilines is 1. The second-order valence-electron chi connectivity index (χ2n) is 7.90. The maximum atomic E-state index is 13.7. The predicted molar refractivity (Wildman–Crippen MR) is 111 cm³/mol. The quantitative estimate of drug-likeness (QED) is 0.630. The van der Waals surface area contributed by atoms with Crippen LogP contribution in [0.15, 0.2) is 46.2 Å². The van der Waals surface area contributed by atoms with Crippen molar-refractivity contribution in [3.8, 4) is 5.75 Å². The van der Waals surface area contributed by atoms with Crippen molar-refractivity contribution in [3.05, 3.63) is 53.0 Å². The van der Waals surface area contributed by atoms with Crippen LogP contribution in [-0.2, 0) is 14.3 Å². The maximum Gasteiger partial charge on any atom is 0.295 e. The zero-order chi connectivity index (χ0) is 21.0. The number of ketones is 1. The highest BCUT2D eigenvalue weighted by Crippen LogP contribution is 2.50. The monoisotopic (exact) mass is 472 g/mol. The van der Waals surface area contributed by atoms with Crippen molar-refractivity contribution in [2.24, 2.45) is 5.92 Å². The lowest BCUT2D eigenvalue weighted by atomic mass is 9.77. The number of para-hydroxylation sites is 1. The van der Waals surface area contributed by atoms with Crippen molar-refractivity contribution < 1.29 is 23.6 Å². The number of aromatic nitrogens is 1. The number of rotatable bonds is 3. The molecule has 1 fully saturated rings. The third kappa shape index (κ3) is 2.88. The number of alkyl halides is 1. The lowest BCUT2D eigenvalue weighted by Gasteiger charge is -2.37. The van der Waals surface area contributed by atoms with Gasteiger partial charge in [-0.25, -0.2) is 0 Å². The van der Waals surface area contributed by atoms with Gasteiger partial charge in [0.2, 0.25) is 0 Å². The van der Waals surface area contributed by atoms with E-state index in [1.54, 1.807) is 20.1 Å². The number of hydrogen-bond acceptors (Lipinski definition) is 6. The summed E-state index contributed by atoms with van der Waals surface area (Å²) in [5, 5.41) is 4.05. The number of methoxy groups -OCH3 is 1. The molecule has 2 aromatic rings. The molecule has 1 aromatic carbocycles. The van der Waals surface area contributed by atoms with Gasteiger partial charge in [0.05, 0.1) is 18.6 Å². The normalized spacial score (nSPS) is 28.3. The van der Waals surface area contributed by atoms with Crippen molar-refractivity contribution in [1.82, 2.24) is 5.16 Å². The van der Waals surface area contributed by atoms with Crippen LogP contribution in [0.25, 0.3) is 0 Å². The standard InChI is InChI=1S/C22H21BrN2O5/c1-11-9-17(24-30-11)25-19(13-5-3-4-6-15(13)28-2)18-20(26)14-10-12(23)7-8-16(14)29-21(18)22(25)27/h3-6,9,12,14,16,19H,7-8,10H2,1-2H3. The van der Waals surface area contributed by atoms with E-state index in [-0.39, 0.29) is 34.3 Å². The van der Waals surface area contributed by atoms with Gasteiger partial charge in [-0.15, -0.1) is 0 Å². The van der Waals surface area contributed by atoms with Crippen molar-refractivity contribution in [3.63, 3.8) is 0 Å². The van der Waals surface area contributed by atoms with Gasteiger partial charge in [-0.2, -0.15) is 0 Å². The van der Waals surface area contributed by atoms with Gasteiger partial charge in [0.1, 0.15) is 23.7 Å². The van der Waals surface area contributed by atoms with E-state index in [1.807, 2.05) is 24.3 Å². The molecular formula is C22H21BrN2O5. The van der Waals surface area contributed by atoms with E-state index in [1.165, 1.54) is 4.90 Å². The number of carbonyl (C=O) groups excluding carboxylic acids is 2. The fourth-order valence-electron chi connectivity index (χ4n) is 4.71. The molecule has 1 amide bonds. The summed E-state index contributed by atoms with van der Waals surface area (Å²) in [7, 11) is 1.57. The topological polar surface area (TPSA) is 81.9 Å². The first-order valence-electron chi connectivity index (χ1n) is 9.98. The van der Waals surface area contributed by atoms with Crippen LogP contribution in [0.5, 0.6) is 5.75 Å².